The molecule has 0 unspecified atom stereocenters. The Balaban J connectivity index is 2.80. The summed E-state index contributed by atoms with van der Waals surface area (Å²) in [5, 5.41) is 8.30. The molecule has 0 radical (unpaired) electrons. The summed E-state index contributed by atoms with van der Waals surface area (Å²) in [6.07, 6.45) is 5.66. The molecule has 0 bridgehead atoms. The van der Waals surface area contributed by atoms with Crippen molar-refractivity contribution in [3.63, 3.8) is 0 Å². The average molecular weight is 134 g/mol. The second-order valence-corrected chi connectivity index (χ2v) is 1.89. The van der Waals surface area contributed by atoms with Gasteiger partial charge in [0.05, 0.1) is 12.3 Å². The summed E-state index contributed by atoms with van der Waals surface area (Å²) in [5.74, 6) is 0. The minimum atomic E-state index is 0.418. The van der Waals surface area contributed by atoms with Crippen LogP contribution in [-0.4, -0.2) is 4.98 Å². The molecule has 50 valence electrons. The van der Waals surface area contributed by atoms with Crippen molar-refractivity contribution in [3.05, 3.63) is 24.8 Å². The molecular formula is C7H8N3+. The molecular weight excluding hydrogens is 126 g/mol. The Morgan fingerprint density at radius 2 is 2.70 bits per heavy atom. The third kappa shape index (κ3) is 1.23. The molecule has 0 atom stereocenters. The van der Waals surface area contributed by atoms with Crippen LogP contribution in [0.3, 0.4) is 0 Å². The van der Waals surface area contributed by atoms with Gasteiger partial charge in [-0.3, -0.25) is 0 Å². The number of nitrogens with zero attached hydrogens (tertiary/aromatic N) is 2. The summed E-state index contributed by atoms with van der Waals surface area (Å²) >= 11 is 0. The van der Waals surface area contributed by atoms with Crippen LogP contribution < -0.4 is 4.57 Å². The van der Waals surface area contributed by atoms with E-state index in [0.29, 0.717) is 6.42 Å². The van der Waals surface area contributed by atoms with Crippen molar-refractivity contribution in [1.82, 2.24) is 4.98 Å². The largest absolute Gasteiger partial charge is 0.246 e. The van der Waals surface area contributed by atoms with Crippen molar-refractivity contribution in [2.75, 3.05) is 0 Å². The van der Waals surface area contributed by atoms with Crippen LogP contribution in [0.4, 0.5) is 0 Å². The monoisotopic (exact) mass is 134 g/mol. The van der Waals surface area contributed by atoms with Gasteiger partial charge in [-0.1, -0.05) is 6.58 Å². The van der Waals surface area contributed by atoms with E-state index in [9.17, 15) is 0 Å². The first-order valence-electron chi connectivity index (χ1n) is 2.94. The zero-order valence-electron chi connectivity index (χ0n) is 5.54. The summed E-state index contributed by atoms with van der Waals surface area (Å²) in [4.78, 5) is 2.93. The van der Waals surface area contributed by atoms with Gasteiger partial charge < -0.3 is 0 Å². The van der Waals surface area contributed by atoms with Crippen LogP contribution in [0.15, 0.2) is 19.1 Å². The van der Waals surface area contributed by atoms with Gasteiger partial charge in [0.25, 0.3) is 0 Å². The van der Waals surface area contributed by atoms with E-state index in [0.717, 1.165) is 5.69 Å². The first-order chi connectivity index (χ1) is 4.86. The summed E-state index contributed by atoms with van der Waals surface area (Å²) in [5.41, 5.74) is 0.905. The van der Waals surface area contributed by atoms with E-state index in [4.69, 9.17) is 5.26 Å². The van der Waals surface area contributed by atoms with Gasteiger partial charge in [-0.25, -0.2) is 9.55 Å². The van der Waals surface area contributed by atoms with Gasteiger partial charge in [0, 0.05) is 0 Å². The fourth-order valence-electron chi connectivity index (χ4n) is 0.699. The number of hydrogen-bond acceptors (Lipinski definition) is 1. The third-order valence-corrected chi connectivity index (χ3v) is 1.18. The zero-order chi connectivity index (χ0) is 7.40. The molecule has 1 rings (SSSR count). The molecule has 10 heavy (non-hydrogen) atoms. The fraction of sp³-hybridized carbons (Fsp3) is 0.143. The lowest BCUT2D eigenvalue weighted by atomic mass is 10.4. The topological polar surface area (TPSA) is 43.5 Å². The summed E-state index contributed by atoms with van der Waals surface area (Å²) in [7, 11) is 0. The van der Waals surface area contributed by atoms with Crippen molar-refractivity contribution in [3.8, 4) is 6.07 Å². The van der Waals surface area contributed by atoms with Crippen LogP contribution in [-0.2, 0) is 6.42 Å². The molecule has 1 heterocycles. The second-order valence-electron chi connectivity index (χ2n) is 1.89. The Labute approximate surface area is 59.2 Å². The van der Waals surface area contributed by atoms with Crippen LogP contribution in [0, 0.1) is 11.3 Å². The Bertz CT molecular complexity index is 267. The molecule has 1 aromatic rings. The highest BCUT2D eigenvalue weighted by Crippen LogP contribution is 1.88. The fourth-order valence-corrected chi connectivity index (χ4v) is 0.699. The van der Waals surface area contributed by atoms with Crippen molar-refractivity contribution in [2.24, 2.45) is 0 Å². The second kappa shape index (κ2) is 2.83. The minimum absolute atomic E-state index is 0.418. The normalized spacial score (nSPS) is 8.70. The van der Waals surface area contributed by atoms with Gasteiger partial charge in [-0.2, -0.15) is 5.26 Å². The molecule has 0 aliphatic rings. The van der Waals surface area contributed by atoms with Gasteiger partial charge >= 0.3 is 0 Å². The Morgan fingerprint density at radius 3 is 3.20 bits per heavy atom. The van der Waals surface area contributed by atoms with Crippen molar-refractivity contribution < 1.29 is 4.57 Å². The van der Waals surface area contributed by atoms with Crippen LogP contribution in [0.5, 0.6) is 0 Å². The van der Waals surface area contributed by atoms with E-state index in [2.05, 4.69) is 11.6 Å². The molecule has 1 N–H and O–H groups in total. The van der Waals surface area contributed by atoms with Gasteiger partial charge in [-0.15, -0.1) is 0 Å². The highest BCUT2D eigenvalue weighted by molar-refractivity contribution is 5.02. The molecule has 0 saturated carbocycles. The number of H-pyrrole nitrogens is 1. The van der Waals surface area contributed by atoms with E-state index in [1.807, 2.05) is 12.3 Å². The number of hydrogen-bond donors (Lipinski definition) is 1. The smallest absolute Gasteiger partial charge is 0.246 e. The van der Waals surface area contributed by atoms with Crippen molar-refractivity contribution >= 4 is 6.20 Å². The maximum Gasteiger partial charge on any atom is 0.246 e. The SMILES string of the molecule is C=C[n+]1c[nH]c(CC#N)c1. The van der Waals surface area contributed by atoms with Gasteiger partial charge in [0.2, 0.25) is 6.33 Å². The summed E-state index contributed by atoms with van der Waals surface area (Å²) < 4.78 is 1.77. The van der Waals surface area contributed by atoms with E-state index >= 15 is 0 Å². The lowest BCUT2D eigenvalue weighted by Gasteiger charge is -1.74. The molecule has 0 aromatic carbocycles. The first kappa shape index (κ1) is 6.56. The predicted molar refractivity (Wildman–Crippen MR) is 36.7 cm³/mol. The molecule has 0 saturated heterocycles. The molecule has 0 aliphatic heterocycles. The van der Waals surface area contributed by atoms with Crippen LogP contribution in [0.2, 0.25) is 0 Å². The van der Waals surface area contributed by atoms with Crippen molar-refractivity contribution in [1.29, 1.82) is 5.26 Å². The lowest BCUT2D eigenvalue weighted by Crippen LogP contribution is -2.20. The van der Waals surface area contributed by atoms with Crippen molar-refractivity contribution in [2.45, 2.75) is 6.42 Å². The highest BCUT2D eigenvalue weighted by atomic mass is 15.0. The molecule has 3 nitrogen and oxygen atoms in total. The van der Waals surface area contributed by atoms with E-state index in [1.54, 1.807) is 17.1 Å². The number of nitrogens with one attached hydrogen (secondary N) is 1. The number of aromatic amines is 1. The minimum Gasteiger partial charge on any atom is -0.246 e. The van der Waals surface area contributed by atoms with E-state index < -0.39 is 0 Å². The molecule has 0 fully saturated rings. The molecule has 0 spiro atoms. The van der Waals surface area contributed by atoms with Crippen LogP contribution in [0.1, 0.15) is 5.69 Å². The standard InChI is InChI=1S/C7H7N3/c1-2-10-5-7(3-4-8)9-6-10/h2,5-6H,1,3H2/p+1. The van der Waals surface area contributed by atoms with E-state index in [1.165, 1.54) is 0 Å². The predicted octanol–water partition coefficient (Wildman–Crippen LogP) is 0.469. The zero-order valence-corrected chi connectivity index (χ0v) is 5.54. The molecule has 1 aromatic heterocycles. The number of aromatic nitrogens is 2. The summed E-state index contributed by atoms with van der Waals surface area (Å²) in [6.45, 7) is 3.56. The lowest BCUT2D eigenvalue weighted by molar-refractivity contribution is -0.566. The maximum absolute atomic E-state index is 8.30. The Kier molecular flexibility index (Phi) is 1.86. The molecule has 3 heteroatoms. The average Bonchev–Trinajstić information content (AvgIpc) is 2.37. The molecule has 0 amide bonds. The van der Waals surface area contributed by atoms with Gasteiger partial charge in [0.1, 0.15) is 12.6 Å². The highest BCUT2D eigenvalue weighted by Gasteiger charge is 1.99. The Morgan fingerprint density at radius 1 is 1.90 bits per heavy atom. The third-order valence-electron chi connectivity index (χ3n) is 1.18. The van der Waals surface area contributed by atoms with Gasteiger partial charge in [0.15, 0.2) is 5.69 Å². The Hall–Kier alpha value is -1.56. The van der Waals surface area contributed by atoms with Crippen LogP contribution in [0.25, 0.3) is 6.20 Å². The number of nitriles is 1. The first-order valence-corrected chi connectivity index (χ1v) is 2.94. The number of rotatable bonds is 2. The van der Waals surface area contributed by atoms with Crippen LogP contribution >= 0.6 is 0 Å². The van der Waals surface area contributed by atoms with Gasteiger partial charge in [-0.05, 0) is 0 Å². The number of imidazole rings is 1. The van der Waals surface area contributed by atoms with E-state index in [-0.39, 0.29) is 0 Å². The maximum atomic E-state index is 8.30. The molecule has 0 aliphatic carbocycles. The quantitative estimate of drug-likeness (QED) is 0.587. The summed E-state index contributed by atoms with van der Waals surface area (Å²) in [6, 6.07) is 2.04.